The van der Waals surface area contributed by atoms with E-state index < -0.39 is 0 Å². The third-order valence-corrected chi connectivity index (χ3v) is 5.09. The second kappa shape index (κ2) is 7.88. The summed E-state index contributed by atoms with van der Waals surface area (Å²) in [6.07, 6.45) is 5.91. The van der Waals surface area contributed by atoms with Crippen LogP contribution in [0.3, 0.4) is 0 Å². The van der Waals surface area contributed by atoms with Gasteiger partial charge in [0.2, 0.25) is 5.91 Å². The molecule has 5 heteroatoms. The van der Waals surface area contributed by atoms with Gasteiger partial charge < -0.3 is 15.4 Å². The van der Waals surface area contributed by atoms with Crippen LogP contribution in [-0.4, -0.2) is 37.3 Å². The van der Waals surface area contributed by atoms with Gasteiger partial charge in [0.05, 0.1) is 7.11 Å². The predicted molar refractivity (Wildman–Crippen MR) is 91.2 cm³/mol. The Kier molecular flexibility index (Phi) is 6.15. The summed E-state index contributed by atoms with van der Waals surface area (Å²) in [5, 5.41) is 0. The SMILES string of the molecule is COc1cc(CN(C)C(=O)C2CCCC(N)C2)ccc1SC. The highest BCUT2D eigenvalue weighted by Gasteiger charge is 2.27. The quantitative estimate of drug-likeness (QED) is 0.847. The molecule has 1 fully saturated rings. The van der Waals surface area contributed by atoms with E-state index in [0.29, 0.717) is 6.54 Å². The Hall–Kier alpha value is -1.20. The van der Waals surface area contributed by atoms with Crippen LogP contribution in [0.5, 0.6) is 5.75 Å². The smallest absolute Gasteiger partial charge is 0.225 e. The second-order valence-corrected chi connectivity index (χ2v) is 6.86. The summed E-state index contributed by atoms with van der Waals surface area (Å²) in [4.78, 5) is 15.5. The summed E-state index contributed by atoms with van der Waals surface area (Å²) in [7, 11) is 3.55. The van der Waals surface area contributed by atoms with Crippen molar-refractivity contribution in [2.24, 2.45) is 11.7 Å². The number of methoxy groups -OCH3 is 1. The van der Waals surface area contributed by atoms with Crippen LogP contribution in [0.15, 0.2) is 23.1 Å². The van der Waals surface area contributed by atoms with Crippen LogP contribution < -0.4 is 10.5 Å². The maximum absolute atomic E-state index is 12.6. The summed E-state index contributed by atoms with van der Waals surface area (Å²) in [5.41, 5.74) is 7.08. The van der Waals surface area contributed by atoms with E-state index in [1.807, 2.05) is 30.3 Å². The second-order valence-electron chi connectivity index (χ2n) is 6.01. The van der Waals surface area contributed by atoms with Crippen molar-refractivity contribution in [1.82, 2.24) is 4.90 Å². The molecule has 1 aliphatic carbocycles. The molecule has 0 heterocycles. The highest BCUT2D eigenvalue weighted by molar-refractivity contribution is 7.98. The van der Waals surface area contributed by atoms with Crippen molar-refractivity contribution in [3.63, 3.8) is 0 Å². The number of nitrogens with zero attached hydrogens (tertiary/aromatic N) is 1. The van der Waals surface area contributed by atoms with E-state index in [2.05, 4.69) is 6.07 Å². The van der Waals surface area contributed by atoms with E-state index in [1.54, 1.807) is 18.9 Å². The van der Waals surface area contributed by atoms with Crippen molar-refractivity contribution in [2.75, 3.05) is 20.4 Å². The third kappa shape index (κ3) is 4.17. The Balaban J connectivity index is 2.01. The molecule has 0 radical (unpaired) electrons. The molecule has 0 aliphatic heterocycles. The fraction of sp³-hybridized carbons (Fsp3) is 0.588. The topological polar surface area (TPSA) is 55.6 Å². The monoisotopic (exact) mass is 322 g/mol. The molecule has 1 aromatic carbocycles. The summed E-state index contributed by atoms with van der Waals surface area (Å²) in [6, 6.07) is 6.30. The zero-order valence-electron chi connectivity index (χ0n) is 13.7. The summed E-state index contributed by atoms with van der Waals surface area (Å²) < 4.78 is 5.41. The largest absolute Gasteiger partial charge is 0.496 e. The number of carbonyl (C=O) groups is 1. The zero-order valence-corrected chi connectivity index (χ0v) is 14.5. The molecule has 0 saturated heterocycles. The van der Waals surface area contributed by atoms with Gasteiger partial charge in [0.25, 0.3) is 0 Å². The lowest BCUT2D eigenvalue weighted by molar-refractivity contribution is -0.135. The molecule has 1 aromatic rings. The van der Waals surface area contributed by atoms with Gasteiger partial charge in [0.1, 0.15) is 5.75 Å². The van der Waals surface area contributed by atoms with Crippen LogP contribution >= 0.6 is 11.8 Å². The highest BCUT2D eigenvalue weighted by atomic mass is 32.2. The lowest BCUT2D eigenvalue weighted by Crippen LogP contribution is -2.38. The van der Waals surface area contributed by atoms with Gasteiger partial charge in [-0.25, -0.2) is 0 Å². The van der Waals surface area contributed by atoms with E-state index in [-0.39, 0.29) is 17.9 Å². The van der Waals surface area contributed by atoms with Gasteiger partial charge >= 0.3 is 0 Å². The lowest BCUT2D eigenvalue weighted by Gasteiger charge is -2.29. The van der Waals surface area contributed by atoms with Crippen molar-refractivity contribution >= 4 is 17.7 Å². The predicted octanol–water partition coefficient (Wildman–Crippen LogP) is 2.89. The number of thioether (sulfide) groups is 1. The van der Waals surface area contributed by atoms with Gasteiger partial charge in [0.15, 0.2) is 0 Å². The maximum Gasteiger partial charge on any atom is 0.225 e. The first-order valence-corrected chi connectivity index (χ1v) is 8.99. The van der Waals surface area contributed by atoms with Crippen molar-refractivity contribution in [3.8, 4) is 5.75 Å². The molecule has 2 N–H and O–H groups in total. The molecule has 22 heavy (non-hydrogen) atoms. The van der Waals surface area contributed by atoms with E-state index in [4.69, 9.17) is 10.5 Å². The maximum atomic E-state index is 12.6. The third-order valence-electron chi connectivity index (χ3n) is 4.31. The van der Waals surface area contributed by atoms with Crippen LogP contribution in [0, 0.1) is 5.92 Å². The molecule has 122 valence electrons. The molecule has 2 rings (SSSR count). The van der Waals surface area contributed by atoms with E-state index in [9.17, 15) is 4.79 Å². The number of hydrogen-bond acceptors (Lipinski definition) is 4. The number of carbonyl (C=O) groups excluding carboxylic acids is 1. The molecule has 0 aromatic heterocycles. The summed E-state index contributed by atoms with van der Waals surface area (Å²) in [5.74, 6) is 1.16. The molecule has 1 aliphatic rings. The van der Waals surface area contributed by atoms with E-state index in [0.717, 1.165) is 41.9 Å². The Morgan fingerprint density at radius 3 is 2.86 bits per heavy atom. The fourth-order valence-electron chi connectivity index (χ4n) is 3.09. The number of amides is 1. The van der Waals surface area contributed by atoms with Crippen LogP contribution in [0.25, 0.3) is 0 Å². The van der Waals surface area contributed by atoms with Crippen molar-refractivity contribution < 1.29 is 9.53 Å². The minimum absolute atomic E-state index is 0.0844. The molecule has 2 unspecified atom stereocenters. The fourth-order valence-corrected chi connectivity index (χ4v) is 3.64. The number of ether oxygens (including phenoxy) is 1. The molecule has 0 spiro atoms. The first-order valence-electron chi connectivity index (χ1n) is 7.76. The summed E-state index contributed by atoms with van der Waals surface area (Å²) in [6.45, 7) is 0.607. The van der Waals surface area contributed by atoms with Crippen molar-refractivity contribution in [3.05, 3.63) is 23.8 Å². The number of benzene rings is 1. The molecule has 2 atom stereocenters. The average Bonchev–Trinajstić information content (AvgIpc) is 2.53. The van der Waals surface area contributed by atoms with E-state index >= 15 is 0 Å². The number of nitrogens with two attached hydrogens (primary N) is 1. The van der Waals surface area contributed by atoms with Crippen LogP contribution in [0.2, 0.25) is 0 Å². The molecule has 0 bridgehead atoms. The lowest BCUT2D eigenvalue weighted by atomic mass is 9.85. The molecule has 1 saturated carbocycles. The normalized spacial score (nSPS) is 21.5. The minimum Gasteiger partial charge on any atom is -0.496 e. The van der Waals surface area contributed by atoms with E-state index in [1.165, 1.54) is 0 Å². The van der Waals surface area contributed by atoms with Crippen molar-refractivity contribution in [2.45, 2.75) is 43.2 Å². The summed E-state index contributed by atoms with van der Waals surface area (Å²) >= 11 is 1.66. The Bertz CT molecular complexity index is 521. The molecular weight excluding hydrogens is 296 g/mol. The zero-order chi connectivity index (χ0) is 16.1. The molecular formula is C17H26N2O2S. The average molecular weight is 322 g/mol. The van der Waals surface area contributed by atoms with Gasteiger partial charge in [0, 0.05) is 30.4 Å². The molecule has 4 nitrogen and oxygen atoms in total. The van der Waals surface area contributed by atoms with Crippen LogP contribution in [0.1, 0.15) is 31.2 Å². The van der Waals surface area contributed by atoms with Gasteiger partial charge in [-0.05, 0) is 43.2 Å². The number of hydrogen-bond donors (Lipinski definition) is 1. The standard InChI is InChI=1S/C17H26N2O2S/c1-19(17(20)13-5-4-6-14(18)10-13)11-12-7-8-16(22-3)15(9-12)21-2/h7-9,13-14H,4-6,10-11,18H2,1-3H3. The van der Waals surface area contributed by atoms with Crippen molar-refractivity contribution in [1.29, 1.82) is 0 Å². The minimum atomic E-state index is 0.0844. The van der Waals surface area contributed by atoms with Gasteiger partial charge in [-0.2, -0.15) is 0 Å². The number of rotatable bonds is 5. The highest BCUT2D eigenvalue weighted by Crippen LogP contribution is 2.29. The Labute approximate surface area is 137 Å². The van der Waals surface area contributed by atoms with Crippen LogP contribution in [0.4, 0.5) is 0 Å². The van der Waals surface area contributed by atoms with Crippen LogP contribution in [-0.2, 0) is 11.3 Å². The first-order chi connectivity index (χ1) is 10.5. The molecule has 1 amide bonds. The van der Waals surface area contributed by atoms with Gasteiger partial charge in [-0.1, -0.05) is 12.5 Å². The first kappa shape index (κ1) is 17.2. The van der Waals surface area contributed by atoms with Gasteiger partial charge in [-0.3, -0.25) is 4.79 Å². The Morgan fingerprint density at radius 2 is 2.23 bits per heavy atom. The van der Waals surface area contributed by atoms with Gasteiger partial charge in [-0.15, -0.1) is 11.8 Å². The Morgan fingerprint density at radius 1 is 1.45 bits per heavy atom.